The van der Waals surface area contributed by atoms with E-state index < -0.39 is 5.41 Å². The summed E-state index contributed by atoms with van der Waals surface area (Å²) in [6.07, 6.45) is 7.59. The van der Waals surface area contributed by atoms with E-state index in [1.807, 2.05) is 30.6 Å². The first-order valence-corrected chi connectivity index (χ1v) is 11.0. The normalized spacial score (nSPS) is 20.3. The van der Waals surface area contributed by atoms with E-state index in [2.05, 4.69) is 58.2 Å². The number of carbonyl (C=O) groups excluding carboxylic acids is 1. The fourth-order valence-electron chi connectivity index (χ4n) is 4.85. The third-order valence-corrected chi connectivity index (χ3v) is 6.50. The lowest BCUT2D eigenvalue weighted by Gasteiger charge is -2.42. The molecule has 0 spiro atoms. The highest BCUT2D eigenvalue weighted by molar-refractivity contribution is 5.82. The van der Waals surface area contributed by atoms with Gasteiger partial charge in [0.15, 0.2) is 0 Å². The van der Waals surface area contributed by atoms with Crippen LogP contribution in [-0.4, -0.2) is 40.4 Å². The average molecular weight is 415 g/mol. The Morgan fingerprint density at radius 3 is 2.55 bits per heavy atom. The predicted molar refractivity (Wildman–Crippen MR) is 123 cm³/mol. The molecular weight excluding hydrogens is 384 g/mol. The zero-order valence-corrected chi connectivity index (χ0v) is 18.1. The molecule has 160 valence electrons. The van der Waals surface area contributed by atoms with E-state index >= 15 is 0 Å². The van der Waals surface area contributed by atoms with Crippen LogP contribution >= 0.6 is 0 Å². The largest absolute Gasteiger partial charge is 0.369 e. The van der Waals surface area contributed by atoms with E-state index in [0.29, 0.717) is 18.9 Å². The van der Waals surface area contributed by atoms with Gasteiger partial charge in [0.05, 0.1) is 5.41 Å². The third-order valence-electron chi connectivity index (χ3n) is 6.50. The number of hydrogen-bond acceptors (Lipinski definition) is 4. The highest BCUT2D eigenvalue weighted by Crippen LogP contribution is 2.37. The van der Waals surface area contributed by atoms with Crippen molar-refractivity contribution in [1.82, 2.24) is 14.9 Å². The lowest BCUT2D eigenvalue weighted by Crippen LogP contribution is -2.52. The van der Waals surface area contributed by atoms with Crippen LogP contribution in [0.15, 0.2) is 73.3 Å². The summed E-state index contributed by atoms with van der Waals surface area (Å²) in [4.78, 5) is 23.5. The molecule has 1 fully saturated rings. The molecule has 0 radical (unpaired) electrons. The number of piperidine rings is 1. The van der Waals surface area contributed by atoms with Gasteiger partial charge in [-0.25, -0.2) is 9.97 Å². The van der Waals surface area contributed by atoms with Crippen molar-refractivity contribution in [2.45, 2.75) is 32.1 Å². The Kier molecular flexibility index (Phi) is 6.42. The number of benzene rings is 2. The maximum atomic E-state index is 12.8. The molecule has 31 heavy (non-hydrogen) atoms. The van der Waals surface area contributed by atoms with Gasteiger partial charge in [-0.1, -0.05) is 61.5 Å². The van der Waals surface area contributed by atoms with Crippen LogP contribution in [0.1, 0.15) is 36.8 Å². The molecule has 3 aromatic rings. The van der Waals surface area contributed by atoms with Gasteiger partial charge in [-0.3, -0.25) is 4.79 Å². The summed E-state index contributed by atoms with van der Waals surface area (Å²) < 4.78 is 0. The van der Waals surface area contributed by atoms with Crippen LogP contribution in [0.4, 0.5) is 0 Å². The molecule has 2 N–H and O–H groups in total. The first kappa shape index (κ1) is 21.2. The van der Waals surface area contributed by atoms with Crippen molar-refractivity contribution in [2.75, 3.05) is 19.6 Å². The van der Waals surface area contributed by atoms with Gasteiger partial charge >= 0.3 is 0 Å². The SMILES string of the molecule is C[C@H](CN1CCC[C@@](Cc2ccccc2-c2cncnc2)(C(N)=O)C1)c1ccccc1. The van der Waals surface area contributed by atoms with Crippen molar-refractivity contribution in [3.8, 4) is 11.1 Å². The van der Waals surface area contributed by atoms with Gasteiger partial charge in [-0.05, 0) is 48.4 Å². The molecule has 5 heteroatoms. The van der Waals surface area contributed by atoms with E-state index in [1.54, 1.807) is 0 Å². The van der Waals surface area contributed by atoms with Gasteiger partial charge in [0.1, 0.15) is 6.33 Å². The van der Waals surface area contributed by atoms with Crippen molar-refractivity contribution in [3.63, 3.8) is 0 Å². The molecule has 2 atom stereocenters. The maximum Gasteiger partial charge on any atom is 0.225 e. The Morgan fingerprint density at radius 1 is 1.10 bits per heavy atom. The summed E-state index contributed by atoms with van der Waals surface area (Å²) in [5.74, 6) is 0.197. The van der Waals surface area contributed by atoms with Crippen LogP contribution in [0, 0.1) is 5.41 Å². The predicted octanol–water partition coefficient (Wildman–Crippen LogP) is 4.06. The summed E-state index contributed by atoms with van der Waals surface area (Å²) in [6, 6.07) is 18.8. The Labute approximate surface area is 184 Å². The molecule has 4 rings (SSSR count). The Balaban J connectivity index is 1.57. The highest BCUT2D eigenvalue weighted by atomic mass is 16.1. The molecule has 0 saturated carbocycles. The van der Waals surface area contributed by atoms with Crippen molar-refractivity contribution >= 4 is 5.91 Å². The van der Waals surface area contributed by atoms with Gasteiger partial charge in [-0.15, -0.1) is 0 Å². The van der Waals surface area contributed by atoms with Crippen molar-refractivity contribution in [3.05, 3.63) is 84.4 Å². The van der Waals surface area contributed by atoms with Crippen LogP contribution in [-0.2, 0) is 11.2 Å². The molecule has 0 aliphatic carbocycles. The minimum absolute atomic E-state index is 0.205. The molecule has 0 bridgehead atoms. The number of likely N-dealkylation sites (tertiary alicyclic amines) is 1. The standard InChI is InChI=1S/C26H30N4O/c1-20(21-8-3-2-4-9-21)17-30-13-7-12-26(18-30,25(27)31)14-22-10-5-6-11-24(22)23-15-28-19-29-16-23/h2-6,8-11,15-16,19-20H,7,12-14,17-18H2,1H3,(H2,27,31)/t20-,26+/m1/s1. The lowest BCUT2D eigenvalue weighted by atomic mass is 9.73. The summed E-state index contributed by atoms with van der Waals surface area (Å²) in [5, 5.41) is 0. The van der Waals surface area contributed by atoms with E-state index in [4.69, 9.17) is 5.73 Å². The van der Waals surface area contributed by atoms with Crippen LogP contribution in [0.5, 0.6) is 0 Å². The highest BCUT2D eigenvalue weighted by Gasteiger charge is 2.41. The quantitative estimate of drug-likeness (QED) is 0.633. The Bertz CT molecular complexity index is 1010. The van der Waals surface area contributed by atoms with E-state index in [-0.39, 0.29) is 5.91 Å². The molecule has 2 heterocycles. The second-order valence-electron chi connectivity index (χ2n) is 8.76. The van der Waals surface area contributed by atoms with Crippen LogP contribution in [0.25, 0.3) is 11.1 Å². The summed E-state index contributed by atoms with van der Waals surface area (Å²) >= 11 is 0. The van der Waals surface area contributed by atoms with Crippen LogP contribution in [0.2, 0.25) is 0 Å². The van der Waals surface area contributed by atoms with Gasteiger partial charge in [0.25, 0.3) is 0 Å². The number of carbonyl (C=O) groups is 1. The van der Waals surface area contributed by atoms with Gasteiger partial charge in [0.2, 0.25) is 5.91 Å². The molecular formula is C26H30N4O. The number of hydrogen-bond donors (Lipinski definition) is 1. The monoisotopic (exact) mass is 414 g/mol. The zero-order valence-electron chi connectivity index (χ0n) is 18.1. The minimum atomic E-state index is -0.569. The lowest BCUT2D eigenvalue weighted by molar-refractivity contribution is -0.131. The number of aromatic nitrogens is 2. The molecule has 1 aliphatic heterocycles. The second-order valence-corrected chi connectivity index (χ2v) is 8.76. The topological polar surface area (TPSA) is 72.1 Å². The molecule has 1 aromatic heterocycles. The van der Waals surface area contributed by atoms with Crippen molar-refractivity contribution in [1.29, 1.82) is 0 Å². The second kappa shape index (κ2) is 9.40. The summed E-state index contributed by atoms with van der Waals surface area (Å²) in [6.45, 7) is 4.87. The molecule has 0 unspecified atom stereocenters. The van der Waals surface area contributed by atoms with E-state index in [0.717, 1.165) is 42.6 Å². The van der Waals surface area contributed by atoms with Crippen molar-refractivity contribution < 1.29 is 4.79 Å². The fourth-order valence-corrected chi connectivity index (χ4v) is 4.85. The number of nitrogens with two attached hydrogens (primary N) is 1. The Morgan fingerprint density at radius 2 is 1.81 bits per heavy atom. The van der Waals surface area contributed by atoms with E-state index in [1.165, 1.54) is 11.9 Å². The third kappa shape index (κ3) is 4.83. The molecule has 2 aromatic carbocycles. The average Bonchev–Trinajstić information content (AvgIpc) is 2.81. The number of rotatable bonds is 7. The Hall–Kier alpha value is -3.05. The zero-order chi connectivity index (χ0) is 21.7. The van der Waals surface area contributed by atoms with Crippen LogP contribution in [0.3, 0.4) is 0 Å². The fraction of sp³-hybridized carbons (Fsp3) is 0.346. The minimum Gasteiger partial charge on any atom is -0.369 e. The summed E-state index contributed by atoms with van der Waals surface area (Å²) in [7, 11) is 0. The smallest absolute Gasteiger partial charge is 0.225 e. The van der Waals surface area contributed by atoms with Crippen LogP contribution < -0.4 is 5.73 Å². The summed E-state index contributed by atoms with van der Waals surface area (Å²) in [5.41, 5.74) is 9.96. The first-order chi connectivity index (χ1) is 15.1. The number of nitrogens with zero attached hydrogens (tertiary/aromatic N) is 3. The van der Waals surface area contributed by atoms with E-state index in [9.17, 15) is 4.79 Å². The van der Waals surface area contributed by atoms with Gasteiger partial charge in [0, 0.05) is 31.0 Å². The molecule has 1 amide bonds. The molecule has 5 nitrogen and oxygen atoms in total. The first-order valence-electron chi connectivity index (χ1n) is 11.0. The number of primary amides is 1. The molecule has 1 aliphatic rings. The maximum absolute atomic E-state index is 12.8. The van der Waals surface area contributed by atoms with Gasteiger partial charge < -0.3 is 10.6 Å². The van der Waals surface area contributed by atoms with Crippen molar-refractivity contribution in [2.24, 2.45) is 11.1 Å². The molecule has 1 saturated heterocycles. The van der Waals surface area contributed by atoms with Gasteiger partial charge in [-0.2, -0.15) is 0 Å². The number of amides is 1.